The second-order valence-electron chi connectivity index (χ2n) is 3.78. The van der Waals surface area contributed by atoms with Crippen molar-refractivity contribution in [3.63, 3.8) is 0 Å². The largest absolute Gasteiger partial charge is 0.383 e. The van der Waals surface area contributed by atoms with Gasteiger partial charge in [-0.15, -0.1) is 0 Å². The van der Waals surface area contributed by atoms with E-state index in [1.807, 2.05) is 0 Å². The Morgan fingerprint density at radius 1 is 1.25 bits per heavy atom. The molecule has 1 aromatic heterocycles. The summed E-state index contributed by atoms with van der Waals surface area (Å²) in [7, 11) is 0. The third-order valence-corrected chi connectivity index (χ3v) is 1.64. The fourth-order valence-corrected chi connectivity index (χ4v) is 0.987. The monoisotopic (exact) mass is 166 g/mol. The molecule has 0 aliphatic carbocycles. The van der Waals surface area contributed by atoms with Crippen LogP contribution in [-0.4, -0.2) is 9.97 Å². The van der Waals surface area contributed by atoms with Gasteiger partial charge in [0.1, 0.15) is 5.82 Å². The van der Waals surface area contributed by atoms with E-state index >= 15 is 0 Å². The average Bonchev–Trinajstić information content (AvgIpc) is 1.83. The Bertz CT molecular complexity index is 288. The van der Waals surface area contributed by atoms with Gasteiger partial charge in [0, 0.05) is 11.8 Å². The fraction of sp³-hybridized carbons (Fsp3) is 0.500. The van der Waals surface area contributed by atoms with Gasteiger partial charge in [-0.25, -0.2) is 4.98 Å². The smallest absolute Gasteiger partial charge is 0.221 e. The zero-order chi connectivity index (χ0) is 9.35. The number of hydrogen-bond donors (Lipinski definition) is 2. The molecule has 0 saturated heterocycles. The number of nitrogens with zero attached hydrogens (tertiary/aromatic N) is 2. The van der Waals surface area contributed by atoms with Gasteiger partial charge in [-0.05, 0) is 5.41 Å². The molecule has 0 spiro atoms. The SMILES string of the molecule is CC(C)(C)c1cnc(N)nc1N. The maximum absolute atomic E-state index is 5.68. The summed E-state index contributed by atoms with van der Waals surface area (Å²) in [5.74, 6) is 0.690. The molecule has 1 heterocycles. The molecular weight excluding hydrogens is 152 g/mol. The molecule has 0 aliphatic heterocycles. The molecule has 0 bridgehead atoms. The number of nitrogens with two attached hydrogens (primary N) is 2. The summed E-state index contributed by atoms with van der Waals surface area (Å²) in [6.07, 6.45) is 1.68. The molecule has 4 heteroatoms. The maximum atomic E-state index is 5.68. The van der Waals surface area contributed by atoms with Gasteiger partial charge in [0.15, 0.2) is 0 Å². The Morgan fingerprint density at radius 3 is 2.25 bits per heavy atom. The summed E-state index contributed by atoms with van der Waals surface area (Å²) in [5, 5.41) is 0. The van der Waals surface area contributed by atoms with E-state index in [0.717, 1.165) is 5.56 Å². The lowest BCUT2D eigenvalue weighted by atomic mass is 9.88. The molecule has 0 unspecified atom stereocenters. The van der Waals surface area contributed by atoms with Crippen molar-refractivity contribution in [2.24, 2.45) is 0 Å². The van der Waals surface area contributed by atoms with Gasteiger partial charge in [-0.2, -0.15) is 4.98 Å². The van der Waals surface area contributed by atoms with Crippen molar-refractivity contribution in [1.82, 2.24) is 9.97 Å². The van der Waals surface area contributed by atoms with Crippen molar-refractivity contribution in [1.29, 1.82) is 0 Å². The van der Waals surface area contributed by atoms with Crippen molar-refractivity contribution in [2.75, 3.05) is 11.5 Å². The van der Waals surface area contributed by atoms with Crippen molar-refractivity contribution in [2.45, 2.75) is 26.2 Å². The topological polar surface area (TPSA) is 77.8 Å². The molecule has 1 rings (SSSR count). The molecule has 0 aliphatic rings. The van der Waals surface area contributed by atoms with E-state index in [4.69, 9.17) is 11.5 Å². The lowest BCUT2D eigenvalue weighted by Gasteiger charge is -2.19. The van der Waals surface area contributed by atoms with Crippen molar-refractivity contribution < 1.29 is 0 Å². The predicted octanol–water partition coefficient (Wildman–Crippen LogP) is 0.939. The molecule has 0 radical (unpaired) electrons. The van der Waals surface area contributed by atoms with Gasteiger partial charge < -0.3 is 11.5 Å². The predicted molar refractivity (Wildman–Crippen MR) is 49.6 cm³/mol. The first-order valence-electron chi connectivity index (χ1n) is 3.80. The van der Waals surface area contributed by atoms with Gasteiger partial charge in [-0.1, -0.05) is 20.8 Å². The molecule has 4 nitrogen and oxygen atoms in total. The highest BCUT2D eigenvalue weighted by atomic mass is 15.0. The van der Waals surface area contributed by atoms with Crippen LogP contribution in [0.25, 0.3) is 0 Å². The van der Waals surface area contributed by atoms with Gasteiger partial charge in [0.05, 0.1) is 0 Å². The Labute approximate surface area is 72.0 Å². The molecule has 0 aromatic carbocycles. The molecule has 66 valence electrons. The van der Waals surface area contributed by atoms with Crippen LogP contribution in [0.1, 0.15) is 26.3 Å². The molecule has 12 heavy (non-hydrogen) atoms. The molecule has 0 saturated carbocycles. The quantitative estimate of drug-likeness (QED) is 0.601. The standard InChI is InChI=1S/C8H14N4/c1-8(2,3)5-4-11-7(10)12-6(5)9/h4H,1-3H3,(H4,9,10,11,12). The molecule has 0 atom stereocenters. The first kappa shape index (κ1) is 8.77. The minimum absolute atomic E-state index is 0.0300. The fourth-order valence-electron chi connectivity index (χ4n) is 0.987. The minimum Gasteiger partial charge on any atom is -0.383 e. The van der Waals surface area contributed by atoms with Gasteiger partial charge in [0.25, 0.3) is 0 Å². The van der Waals surface area contributed by atoms with E-state index < -0.39 is 0 Å². The Balaban J connectivity index is 3.19. The highest BCUT2D eigenvalue weighted by molar-refractivity contribution is 5.45. The van der Waals surface area contributed by atoms with Crippen molar-refractivity contribution >= 4 is 11.8 Å². The number of nitrogen functional groups attached to an aromatic ring is 2. The molecular formula is C8H14N4. The lowest BCUT2D eigenvalue weighted by molar-refractivity contribution is 0.587. The van der Waals surface area contributed by atoms with Crippen molar-refractivity contribution in [3.05, 3.63) is 11.8 Å². The highest BCUT2D eigenvalue weighted by Gasteiger charge is 2.17. The Hall–Kier alpha value is -1.32. The van der Waals surface area contributed by atoms with Crippen LogP contribution in [0.4, 0.5) is 11.8 Å². The lowest BCUT2D eigenvalue weighted by Crippen LogP contribution is -2.16. The van der Waals surface area contributed by atoms with E-state index in [-0.39, 0.29) is 11.4 Å². The third-order valence-electron chi connectivity index (χ3n) is 1.64. The summed E-state index contributed by atoms with van der Waals surface area (Å²) in [6, 6.07) is 0. The van der Waals surface area contributed by atoms with E-state index in [2.05, 4.69) is 30.7 Å². The van der Waals surface area contributed by atoms with Crippen molar-refractivity contribution in [3.8, 4) is 0 Å². The molecule has 0 amide bonds. The normalized spacial score (nSPS) is 11.6. The van der Waals surface area contributed by atoms with Crippen LogP contribution in [-0.2, 0) is 5.41 Å². The minimum atomic E-state index is -0.0300. The van der Waals surface area contributed by atoms with Crippen LogP contribution in [0.15, 0.2) is 6.20 Å². The first-order chi connectivity index (χ1) is 5.41. The van der Waals surface area contributed by atoms with Crippen LogP contribution in [0, 0.1) is 0 Å². The maximum Gasteiger partial charge on any atom is 0.221 e. The summed E-state index contributed by atoms with van der Waals surface area (Å²) >= 11 is 0. The highest BCUT2D eigenvalue weighted by Crippen LogP contribution is 2.25. The average molecular weight is 166 g/mol. The van der Waals surface area contributed by atoms with E-state index in [9.17, 15) is 0 Å². The Morgan fingerprint density at radius 2 is 1.83 bits per heavy atom. The number of aromatic nitrogens is 2. The van der Waals surface area contributed by atoms with E-state index in [0.29, 0.717) is 5.82 Å². The summed E-state index contributed by atoms with van der Waals surface area (Å²) < 4.78 is 0. The van der Waals surface area contributed by atoms with Gasteiger partial charge in [0.2, 0.25) is 5.95 Å². The van der Waals surface area contributed by atoms with Crippen LogP contribution < -0.4 is 11.5 Å². The van der Waals surface area contributed by atoms with Crippen LogP contribution in [0.5, 0.6) is 0 Å². The Kier molecular flexibility index (Phi) is 1.92. The number of rotatable bonds is 0. The summed E-state index contributed by atoms with van der Waals surface area (Å²) in [4.78, 5) is 7.78. The van der Waals surface area contributed by atoms with Crippen LogP contribution >= 0.6 is 0 Å². The van der Waals surface area contributed by atoms with Gasteiger partial charge in [-0.3, -0.25) is 0 Å². The van der Waals surface area contributed by atoms with Crippen LogP contribution in [0.2, 0.25) is 0 Å². The summed E-state index contributed by atoms with van der Waals surface area (Å²) in [6.45, 7) is 6.16. The van der Waals surface area contributed by atoms with Gasteiger partial charge >= 0.3 is 0 Å². The second-order valence-corrected chi connectivity index (χ2v) is 3.78. The number of anilines is 2. The van der Waals surface area contributed by atoms with E-state index in [1.54, 1.807) is 6.20 Å². The van der Waals surface area contributed by atoms with E-state index in [1.165, 1.54) is 0 Å². The zero-order valence-electron chi connectivity index (χ0n) is 7.63. The zero-order valence-corrected chi connectivity index (χ0v) is 7.63. The third kappa shape index (κ3) is 1.64. The molecule has 4 N–H and O–H groups in total. The molecule has 1 aromatic rings. The second kappa shape index (κ2) is 2.62. The molecule has 0 fully saturated rings. The first-order valence-corrected chi connectivity index (χ1v) is 3.80. The van der Waals surface area contributed by atoms with Crippen LogP contribution in [0.3, 0.4) is 0 Å². The number of hydrogen-bond acceptors (Lipinski definition) is 4. The summed E-state index contributed by atoms with van der Waals surface area (Å²) in [5.41, 5.74) is 11.9.